The van der Waals surface area contributed by atoms with E-state index in [1.54, 1.807) is 19.2 Å². The summed E-state index contributed by atoms with van der Waals surface area (Å²) in [5.41, 5.74) is 1.17. The van der Waals surface area contributed by atoms with E-state index in [1.165, 1.54) is 7.11 Å². The number of hydrogen-bond acceptors (Lipinski definition) is 5. The molecule has 2 heterocycles. The Balaban J connectivity index is 2.32. The molecule has 6 heteroatoms. The van der Waals surface area contributed by atoms with Crippen LogP contribution < -0.4 is 5.32 Å². The smallest absolute Gasteiger partial charge is 0.308 e. The predicted molar refractivity (Wildman–Crippen MR) is 77.3 cm³/mol. The Morgan fingerprint density at radius 1 is 1.33 bits per heavy atom. The van der Waals surface area contributed by atoms with Crippen molar-refractivity contribution in [1.82, 2.24) is 15.3 Å². The van der Waals surface area contributed by atoms with Gasteiger partial charge in [-0.25, -0.2) is 9.97 Å². The van der Waals surface area contributed by atoms with Crippen molar-refractivity contribution in [3.63, 3.8) is 0 Å². The fourth-order valence-corrected chi connectivity index (χ4v) is 1.94. The summed E-state index contributed by atoms with van der Waals surface area (Å²) in [7, 11) is 1.32. The van der Waals surface area contributed by atoms with E-state index in [9.17, 15) is 9.59 Å². The van der Waals surface area contributed by atoms with Gasteiger partial charge in [-0.1, -0.05) is 6.92 Å². The van der Waals surface area contributed by atoms with Crippen LogP contribution in [-0.2, 0) is 14.3 Å². The highest BCUT2D eigenvalue weighted by atomic mass is 16.5. The average Bonchev–Trinajstić information content (AvgIpc) is 2.53. The first-order chi connectivity index (χ1) is 10.1. The van der Waals surface area contributed by atoms with Gasteiger partial charge in [0.1, 0.15) is 0 Å². The molecule has 0 aliphatic rings. The van der Waals surface area contributed by atoms with Crippen LogP contribution in [0.15, 0.2) is 30.5 Å². The zero-order valence-corrected chi connectivity index (χ0v) is 12.0. The van der Waals surface area contributed by atoms with E-state index in [1.807, 2.05) is 18.2 Å². The van der Waals surface area contributed by atoms with Crippen molar-refractivity contribution in [3.05, 3.63) is 36.2 Å². The summed E-state index contributed by atoms with van der Waals surface area (Å²) >= 11 is 0. The molecule has 0 saturated carbocycles. The SMILES string of the molecule is CCC(=O)NC(CC(=O)OC)c1ccc2cccnc2n1. The van der Waals surface area contributed by atoms with E-state index in [0.29, 0.717) is 17.8 Å². The van der Waals surface area contributed by atoms with E-state index >= 15 is 0 Å². The van der Waals surface area contributed by atoms with Crippen LogP contribution in [0, 0.1) is 0 Å². The van der Waals surface area contributed by atoms with Crippen LogP contribution in [0.1, 0.15) is 31.5 Å². The van der Waals surface area contributed by atoms with E-state index < -0.39 is 12.0 Å². The average molecular weight is 287 g/mol. The third kappa shape index (κ3) is 3.75. The van der Waals surface area contributed by atoms with Crippen molar-refractivity contribution >= 4 is 22.9 Å². The molecule has 0 fully saturated rings. The third-order valence-corrected chi connectivity index (χ3v) is 3.10. The van der Waals surface area contributed by atoms with E-state index in [4.69, 9.17) is 0 Å². The Labute approximate surface area is 122 Å². The number of hydrogen-bond donors (Lipinski definition) is 1. The van der Waals surface area contributed by atoms with Gasteiger partial charge in [-0.15, -0.1) is 0 Å². The molecule has 1 atom stereocenters. The highest BCUT2D eigenvalue weighted by molar-refractivity contribution is 5.78. The number of aromatic nitrogens is 2. The molecule has 6 nitrogen and oxygen atoms in total. The van der Waals surface area contributed by atoms with Gasteiger partial charge in [-0.05, 0) is 24.3 Å². The summed E-state index contributed by atoms with van der Waals surface area (Å²) < 4.78 is 4.67. The van der Waals surface area contributed by atoms with Gasteiger partial charge in [0.05, 0.1) is 25.3 Å². The molecule has 0 aliphatic heterocycles. The second-order valence-electron chi connectivity index (χ2n) is 4.54. The standard InChI is InChI=1S/C15H17N3O3/c1-3-13(19)17-12(9-14(20)21-2)11-7-6-10-5-4-8-16-15(10)18-11/h4-8,12H,3,9H2,1-2H3,(H,17,19). The van der Waals surface area contributed by atoms with Crippen molar-refractivity contribution in [2.45, 2.75) is 25.8 Å². The van der Waals surface area contributed by atoms with Crippen molar-refractivity contribution in [2.24, 2.45) is 0 Å². The summed E-state index contributed by atoms with van der Waals surface area (Å²) in [6.45, 7) is 1.75. The molecule has 2 rings (SSSR count). The number of rotatable bonds is 5. The molecule has 21 heavy (non-hydrogen) atoms. The number of fused-ring (bicyclic) bond motifs is 1. The number of carbonyl (C=O) groups is 2. The molecule has 0 saturated heterocycles. The molecule has 1 N–H and O–H groups in total. The molecule has 0 bridgehead atoms. The quantitative estimate of drug-likeness (QED) is 0.847. The molecular formula is C15H17N3O3. The molecule has 0 spiro atoms. The topological polar surface area (TPSA) is 81.2 Å². The Hall–Kier alpha value is -2.50. The van der Waals surface area contributed by atoms with Crippen molar-refractivity contribution in [2.75, 3.05) is 7.11 Å². The lowest BCUT2D eigenvalue weighted by Crippen LogP contribution is -2.30. The minimum absolute atomic E-state index is 0.0353. The van der Waals surface area contributed by atoms with Crippen LogP contribution in [0.2, 0.25) is 0 Å². The van der Waals surface area contributed by atoms with Crippen LogP contribution >= 0.6 is 0 Å². The number of nitrogens with zero attached hydrogens (tertiary/aromatic N) is 2. The van der Waals surface area contributed by atoms with Crippen LogP contribution in [0.4, 0.5) is 0 Å². The van der Waals surface area contributed by atoms with Gasteiger partial charge in [0, 0.05) is 18.0 Å². The predicted octanol–water partition coefficient (Wildman–Crippen LogP) is 1.76. The summed E-state index contributed by atoms with van der Waals surface area (Å²) in [5.74, 6) is -0.550. The van der Waals surface area contributed by atoms with Crippen molar-refractivity contribution in [3.8, 4) is 0 Å². The lowest BCUT2D eigenvalue weighted by Gasteiger charge is -2.17. The van der Waals surface area contributed by atoms with E-state index in [2.05, 4.69) is 20.0 Å². The van der Waals surface area contributed by atoms with Crippen LogP contribution in [0.25, 0.3) is 11.0 Å². The highest BCUT2D eigenvalue weighted by Crippen LogP contribution is 2.18. The summed E-state index contributed by atoms with van der Waals surface area (Å²) in [6, 6.07) is 6.87. The second kappa shape index (κ2) is 6.78. The number of methoxy groups -OCH3 is 1. The van der Waals surface area contributed by atoms with Crippen LogP contribution in [0.3, 0.4) is 0 Å². The molecule has 0 aliphatic carbocycles. The van der Waals surface area contributed by atoms with Gasteiger partial charge in [0.25, 0.3) is 0 Å². The van der Waals surface area contributed by atoms with E-state index in [-0.39, 0.29) is 12.3 Å². The van der Waals surface area contributed by atoms with Gasteiger partial charge in [-0.2, -0.15) is 0 Å². The first-order valence-electron chi connectivity index (χ1n) is 6.72. The Morgan fingerprint density at radius 2 is 2.14 bits per heavy atom. The van der Waals surface area contributed by atoms with Crippen molar-refractivity contribution < 1.29 is 14.3 Å². The highest BCUT2D eigenvalue weighted by Gasteiger charge is 2.20. The maximum absolute atomic E-state index is 11.6. The Bertz CT molecular complexity index is 639. The largest absolute Gasteiger partial charge is 0.469 e. The lowest BCUT2D eigenvalue weighted by atomic mass is 10.1. The first kappa shape index (κ1) is 14.9. The van der Waals surface area contributed by atoms with Gasteiger partial charge >= 0.3 is 5.97 Å². The second-order valence-corrected chi connectivity index (χ2v) is 4.54. The van der Waals surface area contributed by atoms with Gasteiger partial charge in [0.2, 0.25) is 5.91 Å². The lowest BCUT2D eigenvalue weighted by molar-refractivity contribution is -0.141. The number of pyridine rings is 2. The molecule has 2 aromatic rings. The number of amides is 1. The minimum atomic E-state index is -0.517. The van der Waals surface area contributed by atoms with Crippen LogP contribution in [-0.4, -0.2) is 29.0 Å². The van der Waals surface area contributed by atoms with Gasteiger partial charge in [0.15, 0.2) is 5.65 Å². The monoisotopic (exact) mass is 287 g/mol. The maximum atomic E-state index is 11.6. The molecular weight excluding hydrogens is 270 g/mol. The zero-order valence-electron chi connectivity index (χ0n) is 12.0. The Morgan fingerprint density at radius 3 is 2.86 bits per heavy atom. The van der Waals surface area contributed by atoms with E-state index in [0.717, 1.165) is 5.39 Å². The maximum Gasteiger partial charge on any atom is 0.308 e. The summed E-state index contributed by atoms with van der Waals surface area (Å²) in [6.07, 6.45) is 2.02. The fraction of sp³-hybridized carbons (Fsp3) is 0.333. The third-order valence-electron chi connectivity index (χ3n) is 3.10. The number of ether oxygens (including phenoxy) is 1. The van der Waals surface area contributed by atoms with Gasteiger partial charge < -0.3 is 10.1 Å². The summed E-state index contributed by atoms with van der Waals surface area (Å²) in [5, 5.41) is 3.69. The molecule has 0 aromatic carbocycles. The normalized spacial score (nSPS) is 11.9. The fourth-order valence-electron chi connectivity index (χ4n) is 1.94. The Kier molecular flexibility index (Phi) is 4.81. The molecule has 2 aromatic heterocycles. The number of nitrogens with one attached hydrogen (secondary N) is 1. The first-order valence-corrected chi connectivity index (χ1v) is 6.72. The molecule has 110 valence electrons. The molecule has 1 unspecified atom stereocenters. The van der Waals surface area contributed by atoms with Gasteiger partial charge in [-0.3, -0.25) is 9.59 Å². The van der Waals surface area contributed by atoms with Crippen molar-refractivity contribution in [1.29, 1.82) is 0 Å². The minimum Gasteiger partial charge on any atom is -0.469 e. The number of esters is 1. The number of carbonyl (C=O) groups excluding carboxylic acids is 2. The molecule has 0 radical (unpaired) electrons. The zero-order chi connectivity index (χ0) is 15.2. The molecule has 1 amide bonds. The van der Waals surface area contributed by atoms with Crippen LogP contribution in [0.5, 0.6) is 0 Å². The summed E-state index contributed by atoms with van der Waals surface area (Å²) in [4.78, 5) is 31.7.